The van der Waals surface area contributed by atoms with Crippen LogP contribution in [-0.2, 0) is 12.8 Å². The largest absolute Gasteiger partial charge is 0.206 e. The third-order valence-corrected chi connectivity index (χ3v) is 7.49. The first kappa shape index (κ1) is 24.3. The van der Waals surface area contributed by atoms with Crippen LogP contribution < -0.4 is 0 Å². The highest BCUT2D eigenvalue weighted by Gasteiger charge is 2.22. The topological polar surface area (TPSA) is 23.8 Å². The van der Waals surface area contributed by atoms with Crippen molar-refractivity contribution in [3.63, 3.8) is 0 Å². The lowest BCUT2D eigenvalue weighted by atomic mass is 9.76. The summed E-state index contributed by atoms with van der Waals surface area (Å²) in [4.78, 5) is 0. The second-order valence-corrected chi connectivity index (χ2v) is 9.78. The Labute approximate surface area is 200 Å². The minimum absolute atomic E-state index is 0.265. The standard InChI is InChI=1S/C30H32F3N/c1-2-3-4-5-20-6-9-22(10-7-20)24-14-15-26-25(18-24)13-12-23(30(26)33)11-8-21-16-28(31)27(19-34)29(32)17-21/h12-18,20,22H,2-11H2,1H3. The zero-order chi connectivity index (χ0) is 24.1. The number of aryl methyl sites for hydroxylation is 2. The fraction of sp³-hybridized carbons (Fsp3) is 0.433. The molecule has 3 aromatic carbocycles. The number of halogens is 3. The molecule has 0 unspecified atom stereocenters. The van der Waals surface area contributed by atoms with E-state index >= 15 is 4.39 Å². The molecule has 34 heavy (non-hydrogen) atoms. The van der Waals surface area contributed by atoms with Crippen molar-refractivity contribution in [2.24, 2.45) is 5.92 Å². The monoisotopic (exact) mass is 463 g/mol. The van der Waals surface area contributed by atoms with Crippen LogP contribution in [0.3, 0.4) is 0 Å². The highest BCUT2D eigenvalue weighted by molar-refractivity contribution is 5.84. The first-order chi connectivity index (χ1) is 16.5. The zero-order valence-electron chi connectivity index (χ0n) is 19.8. The quantitative estimate of drug-likeness (QED) is 0.306. The van der Waals surface area contributed by atoms with Gasteiger partial charge in [0.1, 0.15) is 29.1 Å². The Morgan fingerprint density at radius 2 is 1.62 bits per heavy atom. The van der Waals surface area contributed by atoms with Crippen LogP contribution in [0, 0.1) is 34.7 Å². The highest BCUT2D eigenvalue weighted by atomic mass is 19.1. The molecule has 0 saturated heterocycles. The van der Waals surface area contributed by atoms with Gasteiger partial charge in [-0.15, -0.1) is 0 Å². The second-order valence-electron chi connectivity index (χ2n) is 9.78. The number of nitriles is 1. The van der Waals surface area contributed by atoms with Crippen molar-refractivity contribution in [3.8, 4) is 6.07 Å². The lowest BCUT2D eigenvalue weighted by Crippen LogP contribution is -2.13. The molecule has 1 saturated carbocycles. The van der Waals surface area contributed by atoms with Gasteiger partial charge in [0.05, 0.1) is 0 Å². The van der Waals surface area contributed by atoms with E-state index in [1.165, 1.54) is 63.0 Å². The number of unbranched alkanes of at least 4 members (excludes halogenated alkanes) is 2. The van der Waals surface area contributed by atoms with Crippen molar-refractivity contribution in [3.05, 3.63) is 82.2 Å². The summed E-state index contributed by atoms with van der Waals surface area (Å²) in [5.41, 5.74) is 1.66. The van der Waals surface area contributed by atoms with Gasteiger partial charge in [-0.25, -0.2) is 13.2 Å². The summed E-state index contributed by atoms with van der Waals surface area (Å²) >= 11 is 0. The van der Waals surface area contributed by atoms with E-state index in [0.29, 0.717) is 35.3 Å². The lowest BCUT2D eigenvalue weighted by molar-refractivity contribution is 0.303. The Bertz CT molecular complexity index is 1160. The van der Waals surface area contributed by atoms with Crippen LogP contribution in [0.1, 0.15) is 86.5 Å². The maximum absolute atomic E-state index is 15.2. The van der Waals surface area contributed by atoms with E-state index < -0.39 is 17.2 Å². The smallest absolute Gasteiger partial charge is 0.144 e. The Kier molecular flexibility index (Phi) is 7.93. The molecule has 4 rings (SSSR count). The van der Waals surface area contributed by atoms with E-state index in [0.717, 1.165) is 23.4 Å². The van der Waals surface area contributed by atoms with Gasteiger partial charge in [-0.2, -0.15) is 5.26 Å². The maximum Gasteiger partial charge on any atom is 0.144 e. The van der Waals surface area contributed by atoms with E-state index in [1.54, 1.807) is 6.07 Å². The summed E-state index contributed by atoms with van der Waals surface area (Å²) in [6.07, 6.45) is 10.9. The maximum atomic E-state index is 15.2. The molecule has 0 aromatic heterocycles. The number of benzene rings is 3. The number of hydrogen-bond donors (Lipinski definition) is 0. The highest BCUT2D eigenvalue weighted by Crippen LogP contribution is 2.39. The van der Waals surface area contributed by atoms with E-state index in [1.807, 2.05) is 12.1 Å². The fourth-order valence-corrected chi connectivity index (χ4v) is 5.43. The van der Waals surface area contributed by atoms with Gasteiger partial charge in [0.25, 0.3) is 0 Å². The van der Waals surface area contributed by atoms with Crippen LogP contribution >= 0.6 is 0 Å². The average molecular weight is 464 g/mol. The van der Waals surface area contributed by atoms with Gasteiger partial charge in [-0.3, -0.25) is 0 Å². The van der Waals surface area contributed by atoms with Gasteiger partial charge in [0.2, 0.25) is 0 Å². The summed E-state index contributed by atoms with van der Waals surface area (Å²) in [7, 11) is 0. The molecule has 0 N–H and O–H groups in total. The van der Waals surface area contributed by atoms with Crippen LogP contribution in [0.25, 0.3) is 10.8 Å². The molecule has 178 valence electrons. The Balaban J connectivity index is 1.43. The zero-order valence-corrected chi connectivity index (χ0v) is 19.8. The van der Waals surface area contributed by atoms with Crippen LogP contribution in [0.15, 0.2) is 42.5 Å². The molecule has 0 atom stereocenters. The van der Waals surface area contributed by atoms with Crippen molar-refractivity contribution in [1.29, 1.82) is 5.26 Å². The minimum Gasteiger partial charge on any atom is -0.206 e. The molecule has 1 nitrogen and oxygen atoms in total. The predicted octanol–water partition coefficient (Wildman–Crippen LogP) is 8.77. The minimum atomic E-state index is -0.876. The van der Waals surface area contributed by atoms with Gasteiger partial charge in [0.15, 0.2) is 0 Å². The van der Waals surface area contributed by atoms with E-state index in [-0.39, 0.29) is 5.82 Å². The Hall–Kier alpha value is -2.80. The number of rotatable bonds is 8. The number of hydrogen-bond acceptors (Lipinski definition) is 1. The molecule has 0 amide bonds. The summed E-state index contributed by atoms with van der Waals surface area (Å²) < 4.78 is 43.0. The van der Waals surface area contributed by atoms with E-state index in [2.05, 4.69) is 19.1 Å². The average Bonchev–Trinajstić information content (AvgIpc) is 2.84. The van der Waals surface area contributed by atoms with E-state index in [9.17, 15) is 8.78 Å². The summed E-state index contributed by atoms with van der Waals surface area (Å²) in [6, 6.07) is 13.7. The molecule has 1 aliphatic rings. The van der Waals surface area contributed by atoms with E-state index in [4.69, 9.17) is 5.26 Å². The third kappa shape index (κ3) is 5.46. The first-order valence-electron chi connectivity index (χ1n) is 12.6. The van der Waals surface area contributed by atoms with Crippen LogP contribution in [0.2, 0.25) is 0 Å². The van der Waals surface area contributed by atoms with Crippen LogP contribution in [-0.4, -0.2) is 0 Å². The summed E-state index contributed by atoms with van der Waals surface area (Å²) in [5.74, 6) is -0.603. The fourth-order valence-electron chi connectivity index (χ4n) is 5.43. The molecule has 0 aliphatic heterocycles. The molecular formula is C30H32F3N. The van der Waals surface area contributed by atoms with Gasteiger partial charge in [0, 0.05) is 5.39 Å². The lowest BCUT2D eigenvalue weighted by Gasteiger charge is -2.29. The second kappa shape index (κ2) is 11.1. The van der Waals surface area contributed by atoms with Crippen LogP contribution in [0.4, 0.5) is 13.2 Å². The Morgan fingerprint density at radius 1 is 0.882 bits per heavy atom. The molecule has 0 heterocycles. The molecule has 0 bridgehead atoms. The van der Waals surface area contributed by atoms with Crippen molar-refractivity contribution >= 4 is 10.8 Å². The number of nitrogens with zero attached hydrogens (tertiary/aromatic N) is 1. The van der Waals surface area contributed by atoms with Gasteiger partial charge in [-0.05, 0) is 84.6 Å². The third-order valence-electron chi connectivity index (χ3n) is 7.49. The summed E-state index contributed by atoms with van der Waals surface area (Å²) in [6.45, 7) is 2.25. The molecule has 1 fully saturated rings. The van der Waals surface area contributed by atoms with Crippen molar-refractivity contribution in [2.75, 3.05) is 0 Å². The van der Waals surface area contributed by atoms with Gasteiger partial charge in [-0.1, -0.05) is 62.9 Å². The molecular weight excluding hydrogens is 431 g/mol. The predicted molar refractivity (Wildman–Crippen MR) is 131 cm³/mol. The molecule has 4 heteroatoms. The normalized spacial score (nSPS) is 18.2. The van der Waals surface area contributed by atoms with Crippen molar-refractivity contribution < 1.29 is 13.2 Å². The SMILES string of the molecule is CCCCCC1CCC(c2ccc3c(F)c(CCc4cc(F)c(C#N)c(F)c4)ccc3c2)CC1. The molecule has 3 aromatic rings. The van der Waals surface area contributed by atoms with Gasteiger partial charge < -0.3 is 0 Å². The summed E-state index contributed by atoms with van der Waals surface area (Å²) in [5, 5.41) is 10.3. The van der Waals surface area contributed by atoms with Gasteiger partial charge >= 0.3 is 0 Å². The molecule has 0 spiro atoms. The molecule has 0 radical (unpaired) electrons. The van der Waals surface area contributed by atoms with Crippen molar-refractivity contribution in [2.45, 2.75) is 77.0 Å². The first-order valence-corrected chi connectivity index (χ1v) is 12.6. The van der Waals surface area contributed by atoms with Crippen molar-refractivity contribution in [1.82, 2.24) is 0 Å². The number of fused-ring (bicyclic) bond motifs is 1. The Morgan fingerprint density at radius 3 is 2.29 bits per heavy atom. The molecule has 1 aliphatic carbocycles. The van der Waals surface area contributed by atoms with Crippen LogP contribution in [0.5, 0.6) is 0 Å².